The molecule has 2 aliphatic heterocycles. The number of thioether (sulfide) groups is 1. The molecule has 2 heterocycles. The Morgan fingerprint density at radius 1 is 1.19 bits per heavy atom. The van der Waals surface area contributed by atoms with E-state index in [1.807, 2.05) is 0 Å². The second kappa shape index (κ2) is 8.34. The molecule has 0 N–H and O–H groups in total. The van der Waals surface area contributed by atoms with Crippen molar-refractivity contribution >= 4 is 40.6 Å². The lowest BCUT2D eigenvalue weighted by Gasteiger charge is -2.22. The van der Waals surface area contributed by atoms with Gasteiger partial charge in [-0.1, -0.05) is 25.0 Å². The topological polar surface area (TPSA) is 101 Å². The number of benzene rings is 1. The largest absolute Gasteiger partial charge is 0.341 e. The molecule has 2 saturated heterocycles. The molecule has 0 bridgehead atoms. The maximum atomic E-state index is 12.5. The lowest BCUT2D eigenvalue weighted by molar-refractivity contribution is -0.384. The monoisotopic (exact) mass is 389 g/mol. The van der Waals surface area contributed by atoms with E-state index in [1.54, 1.807) is 11.0 Å². The summed E-state index contributed by atoms with van der Waals surface area (Å²) in [5.41, 5.74) is 0.355. The summed E-state index contributed by atoms with van der Waals surface area (Å²) in [5.74, 6) is -0.768. The predicted octanol–water partition coefficient (Wildman–Crippen LogP) is 3.03. The number of imide groups is 1. The van der Waals surface area contributed by atoms with Crippen molar-refractivity contribution in [1.29, 1.82) is 0 Å². The number of nitro benzene ring substituents is 1. The summed E-state index contributed by atoms with van der Waals surface area (Å²) < 4.78 is 0. The average Bonchev–Trinajstić information content (AvgIpc) is 2.86. The first-order valence-electron chi connectivity index (χ1n) is 8.73. The standard InChI is InChI=1S/C18H19N3O5S/c22-16(19-8-3-1-2-4-9-19)12-20-17(23)15(27-18(20)24)11-13-6-5-7-14(10-13)21(25)26/h5-7,10-11H,1-4,8-9,12H2. The summed E-state index contributed by atoms with van der Waals surface area (Å²) in [7, 11) is 0. The molecule has 8 nitrogen and oxygen atoms in total. The van der Waals surface area contributed by atoms with Crippen LogP contribution in [0, 0.1) is 10.1 Å². The van der Waals surface area contributed by atoms with Gasteiger partial charge in [0.2, 0.25) is 5.91 Å². The second-order valence-electron chi connectivity index (χ2n) is 6.41. The molecule has 0 saturated carbocycles. The van der Waals surface area contributed by atoms with E-state index in [1.165, 1.54) is 24.3 Å². The number of rotatable bonds is 4. The van der Waals surface area contributed by atoms with Crippen LogP contribution in [0.2, 0.25) is 0 Å². The SMILES string of the molecule is O=C(CN1C(=O)SC(=Cc2cccc([N+](=O)[O-])c2)C1=O)N1CCCCCC1. The van der Waals surface area contributed by atoms with Crippen LogP contribution in [0.25, 0.3) is 6.08 Å². The summed E-state index contributed by atoms with van der Waals surface area (Å²) in [6, 6.07) is 5.81. The number of carbonyl (C=O) groups is 3. The van der Waals surface area contributed by atoms with Crippen LogP contribution in [-0.4, -0.2) is 51.4 Å². The van der Waals surface area contributed by atoms with Crippen molar-refractivity contribution in [2.45, 2.75) is 25.7 Å². The van der Waals surface area contributed by atoms with E-state index in [0.717, 1.165) is 42.3 Å². The Morgan fingerprint density at radius 3 is 2.56 bits per heavy atom. The molecule has 0 atom stereocenters. The highest BCUT2D eigenvalue weighted by Crippen LogP contribution is 2.32. The summed E-state index contributed by atoms with van der Waals surface area (Å²) in [5, 5.41) is 10.4. The Morgan fingerprint density at radius 2 is 1.89 bits per heavy atom. The van der Waals surface area contributed by atoms with Crippen molar-refractivity contribution in [2.75, 3.05) is 19.6 Å². The summed E-state index contributed by atoms with van der Waals surface area (Å²) in [6.07, 6.45) is 5.46. The zero-order chi connectivity index (χ0) is 19.4. The fraction of sp³-hybridized carbons (Fsp3) is 0.389. The maximum absolute atomic E-state index is 12.5. The van der Waals surface area contributed by atoms with Crippen LogP contribution in [0.5, 0.6) is 0 Å². The number of hydrogen-bond donors (Lipinski definition) is 0. The van der Waals surface area contributed by atoms with E-state index in [2.05, 4.69) is 0 Å². The van der Waals surface area contributed by atoms with Crippen LogP contribution in [0.3, 0.4) is 0 Å². The van der Waals surface area contributed by atoms with Gasteiger partial charge in [0.25, 0.3) is 16.8 Å². The highest BCUT2D eigenvalue weighted by Gasteiger charge is 2.37. The van der Waals surface area contributed by atoms with Gasteiger partial charge in [-0.3, -0.25) is 29.4 Å². The predicted molar refractivity (Wildman–Crippen MR) is 101 cm³/mol. The molecular weight excluding hydrogens is 370 g/mol. The van der Waals surface area contributed by atoms with Crippen molar-refractivity contribution in [3.63, 3.8) is 0 Å². The van der Waals surface area contributed by atoms with E-state index >= 15 is 0 Å². The Kier molecular flexibility index (Phi) is 5.90. The van der Waals surface area contributed by atoms with Gasteiger partial charge >= 0.3 is 0 Å². The molecule has 9 heteroatoms. The molecule has 142 valence electrons. The molecule has 0 aliphatic carbocycles. The minimum absolute atomic E-state index is 0.0979. The van der Waals surface area contributed by atoms with Gasteiger partial charge in [-0.15, -0.1) is 0 Å². The first kappa shape index (κ1) is 19.1. The molecule has 0 radical (unpaired) electrons. The maximum Gasteiger partial charge on any atom is 0.294 e. The van der Waals surface area contributed by atoms with Gasteiger partial charge in [-0.2, -0.15) is 0 Å². The second-order valence-corrected chi connectivity index (χ2v) is 7.41. The summed E-state index contributed by atoms with van der Waals surface area (Å²) >= 11 is 0.742. The molecule has 1 aromatic rings. The third kappa shape index (κ3) is 4.54. The third-order valence-corrected chi connectivity index (χ3v) is 5.41. The van der Waals surface area contributed by atoms with Crippen LogP contribution < -0.4 is 0 Å². The third-order valence-electron chi connectivity index (χ3n) is 4.50. The first-order valence-corrected chi connectivity index (χ1v) is 9.55. The molecule has 3 amide bonds. The van der Waals surface area contributed by atoms with Crippen LogP contribution >= 0.6 is 11.8 Å². The van der Waals surface area contributed by atoms with Gasteiger partial charge in [0.1, 0.15) is 6.54 Å². The van der Waals surface area contributed by atoms with Gasteiger partial charge in [-0.25, -0.2) is 0 Å². The molecule has 2 fully saturated rings. The Bertz CT molecular complexity index is 815. The van der Waals surface area contributed by atoms with E-state index < -0.39 is 16.1 Å². The minimum atomic E-state index is -0.542. The van der Waals surface area contributed by atoms with Gasteiger partial charge < -0.3 is 4.90 Å². The Labute approximate surface area is 160 Å². The van der Waals surface area contributed by atoms with E-state index in [0.29, 0.717) is 18.7 Å². The van der Waals surface area contributed by atoms with Crippen LogP contribution in [-0.2, 0) is 9.59 Å². The summed E-state index contributed by atoms with van der Waals surface area (Å²) in [4.78, 5) is 50.3. The van der Waals surface area contributed by atoms with Crippen molar-refractivity contribution in [3.8, 4) is 0 Å². The molecule has 0 aromatic heterocycles. The van der Waals surface area contributed by atoms with Crippen molar-refractivity contribution in [3.05, 3.63) is 44.8 Å². The van der Waals surface area contributed by atoms with Crippen LogP contribution in [0.15, 0.2) is 29.2 Å². The average molecular weight is 389 g/mol. The van der Waals surface area contributed by atoms with Crippen LogP contribution in [0.4, 0.5) is 10.5 Å². The zero-order valence-corrected chi connectivity index (χ0v) is 15.4. The zero-order valence-electron chi connectivity index (χ0n) is 14.6. The lowest BCUT2D eigenvalue weighted by atomic mass is 10.2. The minimum Gasteiger partial charge on any atom is -0.341 e. The van der Waals surface area contributed by atoms with Gasteiger partial charge in [0, 0.05) is 25.2 Å². The smallest absolute Gasteiger partial charge is 0.294 e. The number of carbonyl (C=O) groups excluding carboxylic acids is 3. The highest BCUT2D eigenvalue weighted by atomic mass is 32.2. The van der Waals surface area contributed by atoms with E-state index in [4.69, 9.17) is 0 Å². The molecule has 1 aromatic carbocycles. The van der Waals surface area contributed by atoms with Crippen molar-refractivity contribution < 1.29 is 19.3 Å². The lowest BCUT2D eigenvalue weighted by Crippen LogP contribution is -2.42. The van der Waals surface area contributed by atoms with Crippen LogP contribution in [0.1, 0.15) is 31.2 Å². The molecule has 3 rings (SSSR count). The van der Waals surface area contributed by atoms with Gasteiger partial charge in [0.05, 0.1) is 9.83 Å². The molecular formula is C18H19N3O5S. The number of amides is 3. The quantitative estimate of drug-likeness (QED) is 0.446. The van der Waals surface area contributed by atoms with E-state index in [-0.39, 0.29) is 23.0 Å². The Balaban J connectivity index is 1.72. The van der Waals surface area contributed by atoms with Gasteiger partial charge in [-0.05, 0) is 36.2 Å². The Hall–Kier alpha value is -2.68. The highest BCUT2D eigenvalue weighted by molar-refractivity contribution is 8.18. The number of non-ortho nitro benzene ring substituents is 1. The number of hydrogen-bond acceptors (Lipinski definition) is 6. The van der Waals surface area contributed by atoms with E-state index in [9.17, 15) is 24.5 Å². The number of nitro groups is 1. The molecule has 0 unspecified atom stereocenters. The molecule has 27 heavy (non-hydrogen) atoms. The molecule has 0 spiro atoms. The van der Waals surface area contributed by atoms with Gasteiger partial charge in [0.15, 0.2) is 0 Å². The normalized spacial score (nSPS) is 19.5. The fourth-order valence-electron chi connectivity index (χ4n) is 3.07. The first-order chi connectivity index (χ1) is 13.0. The van der Waals surface area contributed by atoms with Crippen molar-refractivity contribution in [2.24, 2.45) is 0 Å². The number of nitrogens with zero attached hydrogens (tertiary/aromatic N) is 3. The summed E-state index contributed by atoms with van der Waals surface area (Å²) in [6.45, 7) is 1.04. The fourth-order valence-corrected chi connectivity index (χ4v) is 3.91. The van der Waals surface area contributed by atoms with Crippen molar-refractivity contribution in [1.82, 2.24) is 9.80 Å². The molecule has 2 aliphatic rings. The number of likely N-dealkylation sites (tertiary alicyclic amines) is 1.